The van der Waals surface area contributed by atoms with Crippen molar-refractivity contribution in [2.75, 3.05) is 12.4 Å². The number of carbonyl (C=O) groups excluding carboxylic acids is 1. The van der Waals surface area contributed by atoms with Crippen molar-refractivity contribution in [2.45, 2.75) is 19.3 Å². The van der Waals surface area contributed by atoms with Crippen molar-refractivity contribution in [1.29, 1.82) is 0 Å². The summed E-state index contributed by atoms with van der Waals surface area (Å²) in [6, 6.07) is 3.73. The fourth-order valence-corrected chi connectivity index (χ4v) is 2.22. The second-order valence-electron chi connectivity index (χ2n) is 4.84. The lowest BCUT2D eigenvalue weighted by Gasteiger charge is -2.35. The fourth-order valence-electron chi connectivity index (χ4n) is 2.22. The number of nitro groups is 1. The first-order valence-corrected chi connectivity index (χ1v) is 6.28. The lowest BCUT2D eigenvalue weighted by Crippen LogP contribution is -2.48. The Morgan fingerprint density at radius 2 is 2.10 bits per heavy atom. The summed E-state index contributed by atoms with van der Waals surface area (Å²) in [5.41, 5.74) is -1.58. The number of nitrogens with one attached hydrogen (secondary N) is 1. The molecule has 2 N–H and O–H groups in total. The second-order valence-corrected chi connectivity index (χ2v) is 4.84. The zero-order valence-corrected chi connectivity index (χ0v) is 11.3. The van der Waals surface area contributed by atoms with E-state index in [-0.39, 0.29) is 30.0 Å². The molecule has 1 amide bonds. The lowest BCUT2D eigenvalue weighted by molar-refractivity contribution is -0.384. The minimum atomic E-state index is -1.45. The number of hydrogen-bond donors (Lipinski definition) is 2. The first kappa shape index (κ1) is 14.8. The molecule has 21 heavy (non-hydrogen) atoms. The van der Waals surface area contributed by atoms with E-state index in [0.29, 0.717) is 6.42 Å². The molecule has 0 spiro atoms. The Morgan fingerprint density at radius 1 is 1.43 bits per heavy atom. The van der Waals surface area contributed by atoms with E-state index in [9.17, 15) is 24.8 Å². The van der Waals surface area contributed by atoms with E-state index in [0.717, 1.165) is 6.07 Å². The maximum Gasteiger partial charge on any atom is 0.319 e. The molecule has 0 bridgehead atoms. The van der Waals surface area contributed by atoms with E-state index in [2.05, 4.69) is 5.32 Å². The van der Waals surface area contributed by atoms with Crippen LogP contribution < -0.4 is 10.1 Å². The van der Waals surface area contributed by atoms with Crippen molar-refractivity contribution >= 4 is 23.3 Å². The standard InChI is InChI=1S/C13H14N2O6/c1-21-10-4-3-8(15(19)20)7-9(10)14-11(16)13(12(17)18)5-2-6-13/h3-4,7H,2,5-6H2,1H3,(H,14,16)(H,17,18). The SMILES string of the molecule is COc1ccc([N+](=O)[O-])cc1NC(=O)C1(C(=O)O)CCC1. The largest absolute Gasteiger partial charge is 0.495 e. The summed E-state index contributed by atoms with van der Waals surface area (Å²) in [6.07, 6.45) is 1.17. The average Bonchev–Trinajstić information content (AvgIpc) is 2.36. The number of carboxylic acid groups (broad SMARTS) is 1. The van der Waals surface area contributed by atoms with E-state index in [1.807, 2.05) is 0 Å². The van der Waals surface area contributed by atoms with Crippen LogP contribution in [0.5, 0.6) is 5.75 Å². The van der Waals surface area contributed by atoms with Gasteiger partial charge >= 0.3 is 5.97 Å². The van der Waals surface area contributed by atoms with Crippen molar-refractivity contribution in [3.8, 4) is 5.75 Å². The zero-order valence-electron chi connectivity index (χ0n) is 11.3. The number of benzene rings is 1. The van der Waals surface area contributed by atoms with Gasteiger partial charge in [-0.15, -0.1) is 0 Å². The van der Waals surface area contributed by atoms with Crippen LogP contribution in [0.4, 0.5) is 11.4 Å². The molecule has 1 aliphatic carbocycles. The monoisotopic (exact) mass is 294 g/mol. The summed E-state index contributed by atoms with van der Waals surface area (Å²) in [4.78, 5) is 33.6. The molecule has 0 aliphatic heterocycles. The molecule has 2 rings (SSSR count). The van der Waals surface area contributed by atoms with Gasteiger partial charge in [0.1, 0.15) is 11.2 Å². The van der Waals surface area contributed by atoms with Crippen molar-refractivity contribution in [3.63, 3.8) is 0 Å². The highest BCUT2D eigenvalue weighted by molar-refractivity contribution is 6.09. The Balaban J connectivity index is 2.29. The number of hydrogen-bond acceptors (Lipinski definition) is 5. The molecule has 8 nitrogen and oxygen atoms in total. The predicted octanol–water partition coefficient (Wildman–Crippen LogP) is 1.80. The molecule has 0 aromatic heterocycles. The van der Waals surface area contributed by atoms with Crippen LogP contribution in [0.1, 0.15) is 19.3 Å². The minimum Gasteiger partial charge on any atom is -0.495 e. The lowest BCUT2D eigenvalue weighted by atomic mass is 9.68. The fraction of sp³-hybridized carbons (Fsp3) is 0.385. The van der Waals surface area contributed by atoms with Crippen LogP contribution >= 0.6 is 0 Å². The van der Waals surface area contributed by atoms with E-state index >= 15 is 0 Å². The molecule has 0 radical (unpaired) electrons. The summed E-state index contributed by atoms with van der Waals surface area (Å²) in [6.45, 7) is 0. The molecule has 112 valence electrons. The van der Waals surface area contributed by atoms with Crippen molar-refractivity contribution < 1.29 is 24.4 Å². The number of nitro benzene ring substituents is 1. The molecule has 1 aliphatic rings. The molecule has 1 fully saturated rings. The Labute approximate surface area is 119 Å². The molecular weight excluding hydrogens is 280 g/mol. The van der Waals surface area contributed by atoms with Crippen LogP contribution in [-0.2, 0) is 9.59 Å². The molecule has 0 unspecified atom stereocenters. The highest BCUT2D eigenvalue weighted by atomic mass is 16.6. The van der Waals surface area contributed by atoms with Crippen LogP contribution in [-0.4, -0.2) is 29.0 Å². The number of rotatable bonds is 5. The maximum atomic E-state index is 12.2. The number of non-ortho nitro benzene ring substituents is 1. The summed E-state index contributed by atoms with van der Waals surface area (Å²) < 4.78 is 5.02. The topological polar surface area (TPSA) is 119 Å². The van der Waals surface area contributed by atoms with Gasteiger partial charge in [0.15, 0.2) is 0 Å². The van der Waals surface area contributed by atoms with E-state index in [1.54, 1.807) is 0 Å². The molecule has 1 aromatic carbocycles. The number of nitrogens with zero attached hydrogens (tertiary/aromatic N) is 1. The van der Waals surface area contributed by atoms with Crippen LogP contribution in [0.15, 0.2) is 18.2 Å². The third-order valence-electron chi connectivity index (χ3n) is 3.69. The van der Waals surface area contributed by atoms with Gasteiger partial charge in [0.2, 0.25) is 5.91 Å². The van der Waals surface area contributed by atoms with Crippen LogP contribution in [0.2, 0.25) is 0 Å². The Hall–Kier alpha value is -2.64. The number of anilines is 1. The summed E-state index contributed by atoms with van der Waals surface area (Å²) >= 11 is 0. The summed E-state index contributed by atoms with van der Waals surface area (Å²) in [5.74, 6) is -1.63. The molecule has 0 atom stereocenters. The van der Waals surface area contributed by atoms with Crippen LogP contribution in [0.25, 0.3) is 0 Å². The van der Waals surface area contributed by atoms with Crippen LogP contribution in [0.3, 0.4) is 0 Å². The van der Waals surface area contributed by atoms with Gasteiger partial charge in [0.05, 0.1) is 17.7 Å². The number of methoxy groups -OCH3 is 1. The van der Waals surface area contributed by atoms with Crippen molar-refractivity contribution in [3.05, 3.63) is 28.3 Å². The number of ether oxygens (including phenoxy) is 1. The van der Waals surface area contributed by atoms with Gasteiger partial charge in [-0.05, 0) is 18.9 Å². The van der Waals surface area contributed by atoms with Crippen molar-refractivity contribution in [1.82, 2.24) is 0 Å². The minimum absolute atomic E-state index is 0.0872. The quantitative estimate of drug-likeness (QED) is 0.485. The second kappa shape index (κ2) is 5.39. The predicted molar refractivity (Wildman–Crippen MR) is 72.2 cm³/mol. The smallest absolute Gasteiger partial charge is 0.319 e. The Morgan fingerprint density at radius 3 is 2.52 bits per heavy atom. The number of aliphatic carboxylic acids is 1. The number of carbonyl (C=O) groups is 2. The molecule has 8 heteroatoms. The first-order chi connectivity index (χ1) is 9.90. The summed E-state index contributed by atoms with van der Waals surface area (Å²) in [5, 5.41) is 22.4. The van der Waals surface area contributed by atoms with Crippen LogP contribution in [0, 0.1) is 15.5 Å². The number of amides is 1. The van der Waals surface area contributed by atoms with Gasteiger partial charge in [0.25, 0.3) is 5.69 Å². The Bertz CT molecular complexity index is 609. The van der Waals surface area contributed by atoms with E-state index in [4.69, 9.17) is 4.74 Å². The van der Waals surface area contributed by atoms with Gasteiger partial charge in [-0.3, -0.25) is 19.7 Å². The van der Waals surface area contributed by atoms with E-state index in [1.165, 1.54) is 19.2 Å². The highest BCUT2D eigenvalue weighted by Gasteiger charge is 2.51. The normalized spacial score (nSPS) is 15.7. The zero-order chi connectivity index (χ0) is 15.6. The van der Waals surface area contributed by atoms with Crippen molar-refractivity contribution in [2.24, 2.45) is 5.41 Å². The van der Waals surface area contributed by atoms with Gasteiger partial charge < -0.3 is 15.2 Å². The third-order valence-corrected chi connectivity index (χ3v) is 3.69. The van der Waals surface area contributed by atoms with E-state index < -0.39 is 22.2 Å². The number of carboxylic acids is 1. The van der Waals surface area contributed by atoms with Gasteiger partial charge in [0, 0.05) is 12.1 Å². The summed E-state index contributed by atoms with van der Waals surface area (Å²) in [7, 11) is 1.35. The maximum absolute atomic E-state index is 12.2. The molecule has 1 saturated carbocycles. The molecule has 0 saturated heterocycles. The molecule has 1 aromatic rings. The third kappa shape index (κ3) is 2.51. The first-order valence-electron chi connectivity index (χ1n) is 6.28. The van der Waals surface area contributed by atoms with Gasteiger partial charge in [-0.1, -0.05) is 6.42 Å². The van der Waals surface area contributed by atoms with Gasteiger partial charge in [-0.25, -0.2) is 0 Å². The average molecular weight is 294 g/mol. The highest BCUT2D eigenvalue weighted by Crippen LogP contribution is 2.43. The van der Waals surface area contributed by atoms with Gasteiger partial charge in [-0.2, -0.15) is 0 Å². The Kier molecular flexibility index (Phi) is 3.79. The molecule has 0 heterocycles. The molecular formula is C13H14N2O6.